The van der Waals surface area contributed by atoms with Gasteiger partial charge in [0.1, 0.15) is 0 Å². The van der Waals surface area contributed by atoms with Gasteiger partial charge in [-0.2, -0.15) is 0 Å². The predicted octanol–water partition coefficient (Wildman–Crippen LogP) is 14.8. The summed E-state index contributed by atoms with van der Waals surface area (Å²) in [5.41, 5.74) is 18.4. The van der Waals surface area contributed by atoms with Crippen molar-refractivity contribution < 1.29 is 0 Å². The third kappa shape index (κ3) is 4.10. The predicted molar refractivity (Wildman–Crippen MR) is 243 cm³/mol. The zero-order valence-electron chi connectivity index (χ0n) is 31.7. The lowest BCUT2D eigenvalue weighted by molar-refractivity contribution is 0.774. The molecule has 1 nitrogen and oxygen atoms in total. The molecular formula is C57H35N. The third-order valence-corrected chi connectivity index (χ3v) is 13.2. The van der Waals surface area contributed by atoms with Crippen molar-refractivity contribution in [2.45, 2.75) is 5.41 Å². The van der Waals surface area contributed by atoms with Crippen LogP contribution in [0, 0.1) is 0 Å². The van der Waals surface area contributed by atoms with Crippen LogP contribution in [0.4, 0.5) is 0 Å². The Labute approximate surface area is 336 Å². The van der Waals surface area contributed by atoms with E-state index in [-0.39, 0.29) is 0 Å². The highest BCUT2D eigenvalue weighted by Crippen LogP contribution is 2.61. The quantitative estimate of drug-likeness (QED) is 0.158. The molecule has 0 radical (unpaired) electrons. The monoisotopic (exact) mass is 733 g/mol. The fourth-order valence-corrected chi connectivity index (χ4v) is 10.9. The smallest absolute Gasteiger partial charge is 0.0725 e. The zero-order chi connectivity index (χ0) is 38.0. The lowest BCUT2D eigenvalue weighted by Gasteiger charge is -2.37. The SMILES string of the molecule is c1ccc2c(c1)-c1ccccc1-c1ccccc1C1(c3ccccc3-2)c2ccccc2-c2cc3c(cc21)c1ccc2ccccc2c1n3-c1ccc2ccccc2c1. The van der Waals surface area contributed by atoms with Gasteiger partial charge in [0.05, 0.1) is 16.4 Å². The van der Waals surface area contributed by atoms with Crippen molar-refractivity contribution in [3.8, 4) is 50.2 Å². The van der Waals surface area contributed by atoms with E-state index in [2.05, 4.69) is 217 Å². The van der Waals surface area contributed by atoms with E-state index in [4.69, 9.17) is 0 Å². The number of aromatic nitrogens is 1. The van der Waals surface area contributed by atoms with Crippen LogP contribution in [0.1, 0.15) is 22.3 Å². The number of hydrogen-bond donors (Lipinski definition) is 0. The first kappa shape index (κ1) is 31.7. The summed E-state index contributed by atoms with van der Waals surface area (Å²) in [6.07, 6.45) is 0. The molecule has 1 heterocycles. The Morgan fingerprint density at radius 2 is 0.741 bits per heavy atom. The van der Waals surface area contributed by atoms with Gasteiger partial charge < -0.3 is 4.57 Å². The standard InChI is InChI=1S/C57H35N/c1-2-17-38-33-39(31-29-36(38)15-1)58-55-35-49-47-25-11-14-28-53(47)57(54(49)34-50(55)48-32-30-37-16-3-4-18-40(37)56(48)58)51-26-12-9-23-45(51)43-21-7-5-19-41(43)42-20-6-8-22-44(42)46-24-10-13-27-52(46)57/h1-35H. The normalized spacial score (nSPS) is 13.3. The Hall–Kier alpha value is -7.48. The molecule has 1 heteroatoms. The van der Waals surface area contributed by atoms with E-state index in [0.717, 1.165) is 0 Å². The van der Waals surface area contributed by atoms with Crippen molar-refractivity contribution >= 4 is 43.4 Å². The molecule has 1 spiro atoms. The summed E-state index contributed by atoms with van der Waals surface area (Å²) in [5, 5.41) is 7.50. The fraction of sp³-hybridized carbons (Fsp3) is 0.0175. The van der Waals surface area contributed by atoms with Crippen LogP contribution in [0.3, 0.4) is 0 Å². The van der Waals surface area contributed by atoms with Gasteiger partial charge in [-0.3, -0.25) is 0 Å². The zero-order valence-corrected chi connectivity index (χ0v) is 31.7. The van der Waals surface area contributed by atoms with Crippen molar-refractivity contribution in [2.75, 3.05) is 0 Å². The van der Waals surface area contributed by atoms with Crippen LogP contribution in [0.5, 0.6) is 0 Å². The van der Waals surface area contributed by atoms with Gasteiger partial charge in [0, 0.05) is 21.8 Å². The minimum atomic E-state index is -0.619. The van der Waals surface area contributed by atoms with Crippen molar-refractivity contribution in [2.24, 2.45) is 0 Å². The molecule has 268 valence electrons. The van der Waals surface area contributed by atoms with E-state index in [0.29, 0.717) is 0 Å². The maximum absolute atomic E-state index is 2.57. The average Bonchev–Trinajstić information content (AvgIpc) is 3.79. The van der Waals surface area contributed by atoms with E-state index in [1.165, 1.54) is 116 Å². The Kier molecular flexibility index (Phi) is 6.43. The molecule has 0 atom stereocenters. The molecule has 13 rings (SSSR count). The molecule has 2 aliphatic rings. The lowest BCUT2D eigenvalue weighted by atomic mass is 9.64. The van der Waals surface area contributed by atoms with Gasteiger partial charge in [0.25, 0.3) is 0 Å². The van der Waals surface area contributed by atoms with Gasteiger partial charge in [-0.15, -0.1) is 0 Å². The van der Waals surface area contributed by atoms with Gasteiger partial charge in [0.15, 0.2) is 0 Å². The first-order valence-corrected chi connectivity index (χ1v) is 20.3. The molecule has 58 heavy (non-hydrogen) atoms. The second-order valence-corrected chi connectivity index (χ2v) is 15.9. The lowest BCUT2D eigenvalue weighted by Crippen LogP contribution is -2.30. The minimum absolute atomic E-state index is 0.619. The molecule has 0 N–H and O–H groups in total. The van der Waals surface area contributed by atoms with Crippen molar-refractivity contribution in [1.29, 1.82) is 0 Å². The molecule has 0 aliphatic heterocycles. The van der Waals surface area contributed by atoms with Crippen LogP contribution in [-0.4, -0.2) is 4.57 Å². The summed E-state index contributed by atoms with van der Waals surface area (Å²) in [4.78, 5) is 0. The summed E-state index contributed by atoms with van der Waals surface area (Å²) >= 11 is 0. The maximum atomic E-state index is 2.57. The molecule has 2 aliphatic carbocycles. The summed E-state index contributed by atoms with van der Waals surface area (Å²) in [5.74, 6) is 0. The molecule has 11 aromatic rings. The summed E-state index contributed by atoms with van der Waals surface area (Å²) in [7, 11) is 0. The van der Waals surface area contributed by atoms with Crippen LogP contribution in [0.25, 0.3) is 93.5 Å². The van der Waals surface area contributed by atoms with Crippen LogP contribution >= 0.6 is 0 Å². The molecule has 0 amide bonds. The van der Waals surface area contributed by atoms with Crippen LogP contribution < -0.4 is 0 Å². The van der Waals surface area contributed by atoms with E-state index in [1.807, 2.05) is 0 Å². The Morgan fingerprint density at radius 3 is 1.36 bits per heavy atom. The third-order valence-electron chi connectivity index (χ3n) is 13.2. The Morgan fingerprint density at radius 1 is 0.276 bits per heavy atom. The molecule has 0 saturated heterocycles. The van der Waals surface area contributed by atoms with E-state index in [9.17, 15) is 0 Å². The van der Waals surface area contributed by atoms with Gasteiger partial charge in [-0.1, -0.05) is 188 Å². The second-order valence-electron chi connectivity index (χ2n) is 15.9. The van der Waals surface area contributed by atoms with Crippen molar-refractivity contribution in [3.05, 3.63) is 235 Å². The minimum Gasteiger partial charge on any atom is -0.309 e. The molecule has 0 fully saturated rings. The highest BCUT2D eigenvalue weighted by Gasteiger charge is 2.49. The van der Waals surface area contributed by atoms with Crippen molar-refractivity contribution in [3.63, 3.8) is 0 Å². The molecule has 0 bridgehead atoms. The topological polar surface area (TPSA) is 4.93 Å². The molecule has 0 saturated carbocycles. The molecular weight excluding hydrogens is 699 g/mol. The highest BCUT2D eigenvalue weighted by molar-refractivity contribution is 6.20. The summed E-state index contributed by atoms with van der Waals surface area (Å²) in [6.45, 7) is 0. The fourth-order valence-electron chi connectivity index (χ4n) is 10.9. The highest BCUT2D eigenvalue weighted by atomic mass is 15.0. The van der Waals surface area contributed by atoms with Gasteiger partial charge in [-0.05, 0) is 107 Å². The maximum Gasteiger partial charge on any atom is 0.0725 e. The summed E-state index contributed by atoms with van der Waals surface area (Å²) in [6, 6.07) is 79.9. The van der Waals surface area contributed by atoms with Gasteiger partial charge in [0.2, 0.25) is 0 Å². The van der Waals surface area contributed by atoms with E-state index in [1.54, 1.807) is 0 Å². The first-order chi connectivity index (χ1) is 28.8. The van der Waals surface area contributed by atoms with E-state index >= 15 is 0 Å². The van der Waals surface area contributed by atoms with Crippen LogP contribution in [0.2, 0.25) is 0 Å². The summed E-state index contributed by atoms with van der Waals surface area (Å²) < 4.78 is 2.53. The Bertz CT molecular complexity index is 3440. The first-order valence-electron chi connectivity index (χ1n) is 20.3. The van der Waals surface area contributed by atoms with Gasteiger partial charge >= 0.3 is 0 Å². The number of benzene rings is 10. The van der Waals surface area contributed by atoms with Crippen LogP contribution in [-0.2, 0) is 5.41 Å². The van der Waals surface area contributed by atoms with Gasteiger partial charge in [-0.25, -0.2) is 0 Å². The second kappa shape index (κ2) is 11.8. The molecule has 10 aromatic carbocycles. The number of hydrogen-bond acceptors (Lipinski definition) is 0. The molecule has 1 aromatic heterocycles. The van der Waals surface area contributed by atoms with Crippen LogP contribution in [0.15, 0.2) is 212 Å². The van der Waals surface area contributed by atoms with E-state index < -0.39 is 5.41 Å². The Balaban J connectivity index is 1.24. The molecule has 0 unspecified atom stereocenters. The number of fused-ring (bicyclic) bond motifs is 20. The number of nitrogens with zero attached hydrogens (tertiary/aromatic N) is 1. The average molecular weight is 734 g/mol. The largest absolute Gasteiger partial charge is 0.309 e. The number of rotatable bonds is 1. The van der Waals surface area contributed by atoms with Crippen molar-refractivity contribution in [1.82, 2.24) is 4.57 Å².